The largest absolute Gasteiger partial charge is 0.454 e. The van der Waals surface area contributed by atoms with Crippen LogP contribution in [0.4, 0.5) is 0 Å². The summed E-state index contributed by atoms with van der Waals surface area (Å²) in [6, 6.07) is 3.96. The molecule has 0 saturated carbocycles. The van der Waals surface area contributed by atoms with Crippen LogP contribution >= 0.6 is 22.6 Å². The maximum absolute atomic E-state index is 5.43. The Balaban J connectivity index is 1.59. The molecule has 2 rings (SSSR count). The fourth-order valence-corrected chi connectivity index (χ4v) is 1.85. The number of H-pyrrole nitrogens is 1. The van der Waals surface area contributed by atoms with E-state index in [1.54, 1.807) is 0 Å². The quantitative estimate of drug-likeness (QED) is 0.625. The molecule has 0 radical (unpaired) electrons. The predicted molar refractivity (Wildman–Crippen MR) is 67.8 cm³/mol. The van der Waals surface area contributed by atoms with E-state index in [0.29, 0.717) is 0 Å². The number of hydrogen-bond acceptors (Lipinski definition) is 4. The van der Waals surface area contributed by atoms with Crippen LogP contribution in [0.3, 0.4) is 0 Å². The molecule has 0 amide bonds. The molecule has 0 spiro atoms. The van der Waals surface area contributed by atoms with Crippen molar-refractivity contribution in [3.63, 3.8) is 0 Å². The summed E-state index contributed by atoms with van der Waals surface area (Å²) in [5.74, 6) is 1.92. The highest BCUT2D eigenvalue weighted by Crippen LogP contribution is 2.09. The molecule has 0 atom stereocenters. The van der Waals surface area contributed by atoms with Crippen LogP contribution in [0.5, 0.6) is 0 Å². The molecule has 6 heteroatoms. The number of nitrogens with one attached hydrogen (secondary N) is 2. The number of nitrogens with zero attached hydrogens (tertiary/aromatic N) is 2. The zero-order chi connectivity index (χ0) is 11.2. The minimum absolute atomic E-state index is 0.777. The number of rotatable bonds is 6. The highest BCUT2D eigenvalue weighted by Gasteiger charge is 1.99. The normalized spacial score (nSPS) is 10.8. The maximum Gasteiger partial charge on any atom is 0.164 e. The van der Waals surface area contributed by atoms with Crippen LogP contribution in [0.15, 0.2) is 22.9 Å². The lowest BCUT2D eigenvalue weighted by Crippen LogP contribution is -2.15. The van der Waals surface area contributed by atoms with Gasteiger partial charge >= 0.3 is 0 Å². The van der Waals surface area contributed by atoms with E-state index in [2.05, 4.69) is 43.1 Å². The van der Waals surface area contributed by atoms with Crippen LogP contribution in [0.2, 0.25) is 0 Å². The minimum atomic E-state index is 0.777. The van der Waals surface area contributed by atoms with Gasteiger partial charge in [0.1, 0.15) is 17.9 Å². The summed E-state index contributed by atoms with van der Waals surface area (Å²) < 4.78 is 6.36. The van der Waals surface area contributed by atoms with Crippen LogP contribution in [-0.4, -0.2) is 21.7 Å². The highest BCUT2D eigenvalue weighted by molar-refractivity contribution is 14.1. The molecule has 2 heterocycles. The van der Waals surface area contributed by atoms with E-state index in [4.69, 9.17) is 4.42 Å². The lowest BCUT2D eigenvalue weighted by atomic mass is 10.3. The van der Waals surface area contributed by atoms with Crippen molar-refractivity contribution in [2.75, 3.05) is 6.54 Å². The molecular formula is C10H13IN4O. The lowest BCUT2D eigenvalue weighted by molar-refractivity contribution is 0.461. The first kappa shape index (κ1) is 11.6. The Morgan fingerprint density at radius 3 is 3.06 bits per heavy atom. The third kappa shape index (κ3) is 3.60. The van der Waals surface area contributed by atoms with Gasteiger partial charge in [0, 0.05) is 6.42 Å². The van der Waals surface area contributed by atoms with Gasteiger partial charge in [0.2, 0.25) is 0 Å². The fourth-order valence-electron chi connectivity index (χ4n) is 1.39. The molecule has 0 saturated heterocycles. The van der Waals surface area contributed by atoms with Gasteiger partial charge in [0.15, 0.2) is 3.77 Å². The molecular weight excluding hydrogens is 319 g/mol. The van der Waals surface area contributed by atoms with E-state index in [0.717, 1.165) is 41.3 Å². The monoisotopic (exact) mass is 332 g/mol. The second-order valence-corrected chi connectivity index (χ2v) is 4.48. The number of furan rings is 1. The summed E-state index contributed by atoms with van der Waals surface area (Å²) in [6.45, 7) is 1.72. The van der Waals surface area contributed by atoms with Gasteiger partial charge in [-0.2, -0.15) is 5.10 Å². The van der Waals surface area contributed by atoms with Crippen molar-refractivity contribution in [2.24, 2.45) is 0 Å². The summed E-state index contributed by atoms with van der Waals surface area (Å²) >= 11 is 2.16. The summed E-state index contributed by atoms with van der Waals surface area (Å²) in [6.07, 6.45) is 3.49. The second-order valence-electron chi connectivity index (χ2n) is 3.42. The zero-order valence-corrected chi connectivity index (χ0v) is 10.9. The van der Waals surface area contributed by atoms with E-state index >= 15 is 0 Å². The van der Waals surface area contributed by atoms with Crippen molar-refractivity contribution in [1.82, 2.24) is 20.5 Å². The summed E-state index contributed by atoms with van der Waals surface area (Å²) in [7, 11) is 0. The molecule has 0 unspecified atom stereocenters. The topological polar surface area (TPSA) is 66.7 Å². The Bertz CT molecular complexity index is 412. The van der Waals surface area contributed by atoms with Gasteiger partial charge in [-0.05, 0) is 47.7 Å². The van der Waals surface area contributed by atoms with Gasteiger partial charge in [0.25, 0.3) is 0 Å². The Morgan fingerprint density at radius 1 is 1.44 bits per heavy atom. The summed E-state index contributed by atoms with van der Waals surface area (Å²) in [5.41, 5.74) is 0. The molecule has 0 aromatic carbocycles. The molecule has 16 heavy (non-hydrogen) atoms. The number of hydrogen-bond donors (Lipinski definition) is 2. The Kier molecular flexibility index (Phi) is 4.34. The number of halogens is 1. The third-order valence-corrected chi connectivity index (χ3v) is 2.74. The number of aromatic amines is 1. The van der Waals surface area contributed by atoms with Gasteiger partial charge in [-0.3, -0.25) is 5.10 Å². The Hall–Kier alpha value is -0.890. The lowest BCUT2D eigenvalue weighted by Gasteiger charge is -2.00. The van der Waals surface area contributed by atoms with Crippen molar-refractivity contribution in [3.05, 3.63) is 33.8 Å². The first-order valence-corrected chi connectivity index (χ1v) is 6.21. The molecule has 0 fully saturated rings. The molecule has 0 aliphatic rings. The first-order chi connectivity index (χ1) is 7.84. The number of aryl methyl sites for hydroxylation is 1. The SMILES string of the molecule is Ic1ccc(CNCCCc2ncn[nH]2)o1. The maximum atomic E-state index is 5.43. The second kappa shape index (κ2) is 6.00. The van der Waals surface area contributed by atoms with Crippen molar-refractivity contribution in [2.45, 2.75) is 19.4 Å². The Morgan fingerprint density at radius 2 is 2.38 bits per heavy atom. The standard InChI is InChI=1S/C10H13IN4O/c11-9-4-3-8(16-9)6-12-5-1-2-10-13-7-14-15-10/h3-4,7,12H,1-2,5-6H2,(H,13,14,15). The molecule has 2 N–H and O–H groups in total. The van der Waals surface area contributed by atoms with Crippen LogP contribution in [0.1, 0.15) is 18.0 Å². The van der Waals surface area contributed by atoms with E-state index < -0.39 is 0 Å². The molecule has 0 aliphatic heterocycles. The van der Waals surface area contributed by atoms with Gasteiger partial charge in [-0.1, -0.05) is 0 Å². The van der Waals surface area contributed by atoms with Crippen molar-refractivity contribution >= 4 is 22.6 Å². The smallest absolute Gasteiger partial charge is 0.164 e. The van der Waals surface area contributed by atoms with E-state index in [9.17, 15) is 0 Å². The molecule has 5 nitrogen and oxygen atoms in total. The Labute approximate surface area is 107 Å². The van der Waals surface area contributed by atoms with Crippen molar-refractivity contribution in [3.8, 4) is 0 Å². The average molecular weight is 332 g/mol. The summed E-state index contributed by atoms with van der Waals surface area (Å²) in [4.78, 5) is 4.06. The predicted octanol–water partition coefficient (Wildman–Crippen LogP) is 1.72. The third-order valence-electron chi connectivity index (χ3n) is 2.16. The van der Waals surface area contributed by atoms with Crippen molar-refractivity contribution in [1.29, 1.82) is 0 Å². The molecule has 86 valence electrons. The first-order valence-electron chi connectivity index (χ1n) is 5.14. The van der Waals surface area contributed by atoms with E-state index in [1.807, 2.05) is 12.1 Å². The van der Waals surface area contributed by atoms with Gasteiger partial charge in [-0.25, -0.2) is 4.98 Å². The van der Waals surface area contributed by atoms with Gasteiger partial charge < -0.3 is 9.73 Å². The van der Waals surface area contributed by atoms with E-state index in [1.165, 1.54) is 6.33 Å². The minimum Gasteiger partial charge on any atom is -0.454 e. The average Bonchev–Trinajstić information content (AvgIpc) is 2.89. The molecule has 0 bridgehead atoms. The van der Waals surface area contributed by atoms with Gasteiger partial charge in [0.05, 0.1) is 6.54 Å². The summed E-state index contributed by atoms with van der Waals surface area (Å²) in [5, 5.41) is 9.96. The van der Waals surface area contributed by atoms with Crippen LogP contribution in [0, 0.1) is 3.77 Å². The highest BCUT2D eigenvalue weighted by atomic mass is 127. The van der Waals surface area contributed by atoms with Gasteiger partial charge in [-0.15, -0.1) is 0 Å². The molecule has 2 aromatic rings. The zero-order valence-electron chi connectivity index (χ0n) is 8.74. The van der Waals surface area contributed by atoms with E-state index in [-0.39, 0.29) is 0 Å². The number of aromatic nitrogens is 3. The molecule has 2 aromatic heterocycles. The van der Waals surface area contributed by atoms with Crippen molar-refractivity contribution < 1.29 is 4.42 Å². The van der Waals surface area contributed by atoms with Crippen LogP contribution < -0.4 is 5.32 Å². The van der Waals surface area contributed by atoms with Crippen LogP contribution in [-0.2, 0) is 13.0 Å². The molecule has 0 aliphatic carbocycles. The fraction of sp³-hybridized carbons (Fsp3) is 0.400. The van der Waals surface area contributed by atoms with Crippen LogP contribution in [0.25, 0.3) is 0 Å².